The standard InChI is InChI=1S/C12H10O2S2/c1-15-11-4-2-9(3-5-11)14-10-6-12(7-13)16-8-10/h2-8H,1H3. The van der Waals surface area contributed by atoms with Crippen molar-refractivity contribution in [3.8, 4) is 11.5 Å². The molecule has 1 heterocycles. The lowest BCUT2D eigenvalue weighted by Gasteiger charge is -2.03. The van der Waals surface area contributed by atoms with Crippen LogP contribution in [0.5, 0.6) is 11.5 Å². The van der Waals surface area contributed by atoms with E-state index in [9.17, 15) is 4.79 Å². The van der Waals surface area contributed by atoms with Gasteiger partial charge in [-0.3, -0.25) is 4.79 Å². The Kier molecular flexibility index (Phi) is 3.64. The number of thioether (sulfide) groups is 1. The zero-order chi connectivity index (χ0) is 11.4. The largest absolute Gasteiger partial charge is 0.456 e. The highest BCUT2D eigenvalue weighted by molar-refractivity contribution is 7.98. The van der Waals surface area contributed by atoms with Crippen molar-refractivity contribution in [2.45, 2.75) is 4.90 Å². The van der Waals surface area contributed by atoms with Crippen LogP contribution in [0.15, 0.2) is 40.6 Å². The highest BCUT2D eigenvalue weighted by atomic mass is 32.2. The first-order valence-corrected chi connectivity index (χ1v) is 6.78. The average Bonchev–Trinajstić information content (AvgIpc) is 2.78. The van der Waals surface area contributed by atoms with Crippen LogP contribution in [0.3, 0.4) is 0 Å². The van der Waals surface area contributed by atoms with Crippen molar-refractivity contribution in [2.75, 3.05) is 6.26 Å². The Morgan fingerprint density at radius 2 is 2.00 bits per heavy atom. The number of carbonyl (C=O) groups excluding carboxylic acids is 1. The summed E-state index contributed by atoms with van der Waals surface area (Å²) in [6, 6.07) is 9.59. The molecule has 0 N–H and O–H groups in total. The molecule has 0 atom stereocenters. The van der Waals surface area contributed by atoms with Gasteiger partial charge in [-0.1, -0.05) is 0 Å². The average molecular weight is 250 g/mol. The van der Waals surface area contributed by atoms with E-state index < -0.39 is 0 Å². The lowest BCUT2D eigenvalue weighted by molar-refractivity contribution is 0.112. The Morgan fingerprint density at radius 1 is 1.25 bits per heavy atom. The molecular weight excluding hydrogens is 240 g/mol. The molecular formula is C12H10O2S2. The van der Waals surface area contributed by atoms with E-state index in [1.54, 1.807) is 17.8 Å². The van der Waals surface area contributed by atoms with Gasteiger partial charge < -0.3 is 4.74 Å². The maximum atomic E-state index is 10.5. The van der Waals surface area contributed by atoms with Crippen molar-refractivity contribution in [3.05, 3.63) is 40.6 Å². The van der Waals surface area contributed by atoms with E-state index in [0.29, 0.717) is 10.6 Å². The molecule has 0 bridgehead atoms. The highest BCUT2D eigenvalue weighted by Crippen LogP contribution is 2.27. The monoisotopic (exact) mass is 250 g/mol. The first-order chi connectivity index (χ1) is 7.81. The summed E-state index contributed by atoms with van der Waals surface area (Å²) in [6.07, 6.45) is 2.86. The molecule has 0 aliphatic heterocycles. The second-order valence-electron chi connectivity index (χ2n) is 3.08. The van der Waals surface area contributed by atoms with Gasteiger partial charge in [0.15, 0.2) is 6.29 Å². The van der Waals surface area contributed by atoms with Crippen LogP contribution in [0, 0.1) is 0 Å². The van der Waals surface area contributed by atoms with Gasteiger partial charge in [0.25, 0.3) is 0 Å². The molecule has 0 unspecified atom stereocenters. The van der Waals surface area contributed by atoms with E-state index >= 15 is 0 Å². The number of hydrogen-bond acceptors (Lipinski definition) is 4. The van der Waals surface area contributed by atoms with Gasteiger partial charge in [0.05, 0.1) is 4.88 Å². The molecule has 0 radical (unpaired) electrons. The molecule has 4 heteroatoms. The van der Waals surface area contributed by atoms with Gasteiger partial charge >= 0.3 is 0 Å². The van der Waals surface area contributed by atoms with E-state index in [4.69, 9.17) is 4.74 Å². The normalized spacial score (nSPS) is 10.1. The van der Waals surface area contributed by atoms with Crippen molar-refractivity contribution in [2.24, 2.45) is 0 Å². The highest BCUT2D eigenvalue weighted by Gasteiger charge is 2.01. The lowest BCUT2D eigenvalue weighted by atomic mass is 10.3. The number of thiophene rings is 1. The van der Waals surface area contributed by atoms with Crippen LogP contribution in [0.4, 0.5) is 0 Å². The molecule has 2 aromatic rings. The fourth-order valence-corrected chi connectivity index (χ4v) is 2.25. The van der Waals surface area contributed by atoms with Crippen molar-refractivity contribution in [1.82, 2.24) is 0 Å². The summed E-state index contributed by atoms with van der Waals surface area (Å²) in [6.45, 7) is 0. The Bertz CT molecular complexity index is 474. The minimum absolute atomic E-state index is 0.677. The van der Waals surface area contributed by atoms with Crippen LogP contribution in [0.25, 0.3) is 0 Å². The molecule has 16 heavy (non-hydrogen) atoms. The van der Waals surface area contributed by atoms with Crippen molar-refractivity contribution in [3.63, 3.8) is 0 Å². The summed E-state index contributed by atoms with van der Waals surface area (Å²) in [4.78, 5) is 12.4. The van der Waals surface area contributed by atoms with Crippen LogP contribution in [-0.4, -0.2) is 12.5 Å². The maximum absolute atomic E-state index is 10.5. The summed E-state index contributed by atoms with van der Waals surface area (Å²) >= 11 is 3.07. The fourth-order valence-electron chi connectivity index (χ4n) is 1.23. The molecule has 2 rings (SSSR count). The SMILES string of the molecule is CSc1ccc(Oc2csc(C=O)c2)cc1. The van der Waals surface area contributed by atoms with Gasteiger partial charge in [-0.15, -0.1) is 23.1 Å². The summed E-state index contributed by atoms with van der Waals surface area (Å²) < 4.78 is 5.60. The van der Waals surface area contributed by atoms with E-state index in [1.165, 1.54) is 16.2 Å². The van der Waals surface area contributed by atoms with Crippen molar-refractivity contribution in [1.29, 1.82) is 0 Å². The molecule has 1 aromatic carbocycles. The van der Waals surface area contributed by atoms with Gasteiger partial charge in [-0.25, -0.2) is 0 Å². The van der Waals surface area contributed by atoms with Gasteiger partial charge in [0.2, 0.25) is 0 Å². The van der Waals surface area contributed by atoms with Gasteiger partial charge in [-0.05, 0) is 30.5 Å². The third kappa shape index (κ3) is 2.65. The van der Waals surface area contributed by atoms with Crippen LogP contribution in [-0.2, 0) is 0 Å². The number of hydrogen-bond donors (Lipinski definition) is 0. The summed E-state index contributed by atoms with van der Waals surface area (Å²) in [5.74, 6) is 1.50. The quantitative estimate of drug-likeness (QED) is 0.604. The van der Waals surface area contributed by atoms with Crippen molar-refractivity contribution < 1.29 is 9.53 Å². The number of benzene rings is 1. The molecule has 1 aromatic heterocycles. The predicted octanol–water partition coefficient (Wildman–Crippen LogP) is 4.07. The van der Waals surface area contributed by atoms with Gasteiger partial charge in [0.1, 0.15) is 11.5 Å². The van der Waals surface area contributed by atoms with E-state index in [-0.39, 0.29) is 0 Å². The zero-order valence-electron chi connectivity index (χ0n) is 8.67. The summed E-state index contributed by atoms with van der Waals surface area (Å²) in [5.41, 5.74) is 0. The Labute approximate surface area is 102 Å². The zero-order valence-corrected chi connectivity index (χ0v) is 10.3. The molecule has 0 saturated heterocycles. The molecule has 0 aliphatic rings. The summed E-state index contributed by atoms with van der Waals surface area (Å²) in [5, 5.41) is 1.83. The van der Waals surface area contributed by atoms with E-state index in [1.807, 2.05) is 35.9 Å². The van der Waals surface area contributed by atoms with Gasteiger partial charge in [0, 0.05) is 16.3 Å². The summed E-state index contributed by atoms with van der Waals surface area (Å²) in [7, 11) is 0. The first kappa shape index (κ1) is 11.2. The molecule has 0 saturated carbocycles. The Balaban J connectivity index is 2.10. The smallest absolute Gasteiger partial charge is 0.160 e. The van der Waals surface area contributed by atoms with Crippen LogP contribution >= 0.6 is 23.1 Å². The second-order valence-corrected chi connectivity index (χ2v) is 4.90. The number of ether oxygens (including phenoxy) is 1. The first-order valence-electron chi connectivity index (χ1n) is 4.67. The van der Waals surface area contributed by atoms with Crippen LogP contribution in [0.2, 0.25) is 0 Å². The number of carbonyl (C=O) groups is 1. The molecule has 0 spiro atoms. The van der Waals surface area contributed by atoms with Crippen LogP contribution in [0.1, 0.15) is 9.67 Å². The van der Waals surface area contributed by atoms with Crippen molar-refractivity contribution >= 4 is 29.4 Å². The van der Waals surface area contributed by atoms with Crippen LogP contribution < -0.4 is 4.74 Å². The Hall–Kier alpha value is -1.26. The molecule has 0 aliphatic carbocycles. The maximum Gasteiger partial charge on any atom is 0.160 e. The topological polar surface area (TPSA) is 26.3 Å². The molecule has 82 valence electrons. The number of rotatable bonds is 4. The third-order valence-corrected chi connectivity index (χ3v) is 3.59. The predicted molar refractivity (Wildman–Crippen MR) is 68.0 cm³/mol. The molecule has 0 fully saturated rings. The molecule has 0 amide bonds. The molecule has 2 nitrogen and oxygen atoms in total. The Morgan fingerprint density at radius 3 is 2.56 bits per heavy atom. The van der Waals surface area contributed by atoms with E-state index in [2.05, 4.69) is 0 Å². The van der Waals surface area contributed by atoms with E-state index in [0.717, 1.165) is 12.0 Å². The third-order valence-electron chi connectivity index (χ3n) is 2.01. The minimum Gasteiger partial charge on any atom is -0.456 e. The second kappa shape index (κ2) is 5.18. The minimum atomic E-state index is 0.677. The fraction of sp³-hybridized carbons (Fsp3) is 0.0833. The van der Waals surface area contributed by atoms with Gasteiger partial charge in [-0.2, -0.15) is 0 Å². The lowest BCUT2D eigenvalue weighted by Crippen LogP contribution is -1.81. The number of aldehydes is 1.